The largest absolute Gasteiger partial charge is 0.307 e. The normalized spacial score (nSPS) is 17.5. The Labute approximate surface area is 110 Å². The first-order valence-electron chi connectivity index (χ1n) is 6.63. The van der Waals surface area contributed by atoms with Crippen molar-refractivity contribution in [2.75, 3.05) is 0 Å². The van der Waals surface area contributed by atoms with Crippen LogP contribution in [0, 0.1) is 5.92 Å². The van der Waals surface area contributed by atoms with Crippen LogP contribution in [0.2, 0.25) is 0 Å². The Morgan fingerprint density at radius 3 is 2.29 bits per heavy atom. The third kappa shape index (κ3) is 3.32. The van der Waals surface area contributed by atoms with Crippen molar-refractivity contribution in [2.24, 2.45) is 5.92 Å². The van der Waals surface area contributed by atoms with Crippen LogP contribution in [-0.2, 0) is 12.0 Å². The Balaban J connectivity index is 1.93. The Morgan fingerprint density at radius 1 is 1.18 bits per heavy atom. The molecule has 96 valence electrons. The number of hydrogen-bond donors (Lipinski definition) is 1. The van der Waals surface area contributed by atoms with Crippen molar-refractivity contribution in [1.29, 1.82) is 0 Å². The molecule has 0 amide bonds. The molecule has 0 spiro atoms. The number of rotatable bonds is 4. The van der Waals surface area contributed by atoms with Gasteiger partial charge in [-0.1, -0.05) is 20.8 Å². The minimum atomic E-state index is 0.287. The Bertz CT molecular complexity index is 380. The summed E-state index contributed by atoms with van der Waals surface area (Å²) in [6.07, 6.45) is 2.80. The van der Waals surface area contributed by atoms with Crippen LogP contribution in [0.1, 0.15) is 57.2 Å². The van der Waals surface area contributed by atoms with Crippen molar-refractivity contribution in [3.63, 3.8) is 0 Å². The Hall–Kier alpha value is -0.340. The van der Waals surface area contributed by atoms with Crippen LogP contribution in [0.5, 0.6) is 0 Å². The molecule has 17 heavy (non-hydrogen) atoms. The highest BCUT2D eigenvalue weighted by Gasteiger charge is 2.37. The fourth-order valence-corrected chi connectivity index (χ4v) is 3.15. The van der Waals surface area contributed by atoms with Gasteiger partial charge in [0.05, 0.1) is 0 Å². The van der Waals surface area contributed by atoms with Crippen molar-refractivity contribution >= 4 is 11.3 Å². The molecule has 1 heterocycles. The van der Waals surface area contributed by atoms with Crippen LogP contribution in [-0.4, -0.2) is 5.54 Å². The molecule has 1 aromatic rings. The lowest BCUT2D eigenvalue weighted by molar-refractivity contribution is 0.341. The quantitative estimate of drug-likeness (QED) is 0.840. The van der Waals surface area contributed by atoms with E-state index in [2.05, 4.69) is 52.1 Å². The first kappa shape index (κ1) is 13.1. The highest BCUT2D eigenvalue weighted by atomic mass is 32.1. The number of hydrogen-bond acceptors (Lipinski definition) is 2. The summed E-state index contributed by atoms with van der Waals surface area (Å²) in [7, 11) is 0. The fourth-order valence-electron chi connectivity index (χ4n) is 2.14. The lowest BCUT2D eigenvalue weighted by atomic mass is 9.95. The molecule has 1 saturated carbocycles. The van der Waals surface area contributed by atoms with Gasteiger partial charge in [0.15, 0.2) is 0 Å². The maximum absolute atomic E-state index is 3.71. The van der Waals surface area contributed by atoms with Crippen LogP contribution in [0.3, 0.4) is 0 Å². The van der Waals surface area contributed by atoms with Crippen LogP contribution in [0.15, 0.2) is 12.1 Å². The molecule has 1 aliphatic carbocycles. The molecule has 0 unspecified atom stereocenters. The Kier molecular flexibility index (Phi) is 3.39. The highest BCUT2D eigenvalue weighted by Crippen LogP contribution is 2.39. The zero-order valence-corrected chi connectivity index (χ0v) is 12.6. The topological polar surface area (TPSA) is 12.0 Å². The SMILES string of the molecule is CC(C)(C)c1ccc(CNC(C)(C)C2CC2)s1. The lowest BCUT2D eigenvalue weighted by Gasteiger charge is -2.26. The molecule has 0 aromatic carbocycles. The average Bonchev–Trinajstić information content (AvgIpc) is 2.94. The predicted octanol–water partition coefficient (Wildman–Crippen LogP) is 4.32. The second-order valence-corrected chi connectivity index (χ2v) is 8.03. The molecule has 0 radical (unpaired) electrons. The van der Waals surface area contributed by atoms with E-state index in [0.717, 1.165) is 12.5 Å². The van der Waals surface area contributed by atoms with Gasteiger partial charge < -0.3 is 5.32 Å². The van der Waals surface area contributed by atoms with Crippen LogP contribution in [0.25, 0.3) is 0 Å². The third-order valence-corrected chi connectivity index (χ3v) is 5.23. The van der Waals surface area contributed by atoms with Gasteiger partial charge in [0, 0.05) is 21.8 Å². The van der Waals surface area contributed by atoms with E-state index >= 15 is 0 Å². The van der Waals surface area contributed by atoms with Gasteiger partial charge in [-0.15, -0.1) is 11.3 Å². The van der Waals surface area contributed by atoms with Gasteiger partial charge in [-0.2, -0.15) is 0 Å². The molecular weight excluding hydrogens is 226 g/mol. The predicted molar refractivity (Wildman–Crippen MR) is 76.7 cm³/mol. The maximum Gasteiger partial charge on any atom is 0.0304 e. The highest BCUT2D eigenvalue weighted by molar-refractivity contribution is 7.12. The van der Waals surface area contributed by atoms with E-state index in [1.54, 1.807) is 0 Å². The third-order valence-electron chi connectivity index (χ3n) is 3.72. The van der Waals surface area contributed by atoms with E-state index in [1.807, 2.05) is 11.3 Å². The van der Waals surface area contributed by atoms with Crippen molar-refractivity contribution in [3.8, 4) is 0 Å². The summed E-state index contributed by atoms with van der Waals surface area (Å²) in [6.45, 7) is 12.5. The van der Waals surface area contributed by atoms with E-state index in [9.17, 15) is 0 Å². The number of nitrogens with one attached hydrogen (secondary N) is 1. The van der Waals surface area contributed by atoms with Gasteiger partial charge in [0.25, 0.3) is 0 Å². The summed E-state index contributed by atoms with van der Waals surface area (Å²) in [5.74, 6) is 0.893. The summed E-state index contributed by atoms with van der Waals surface area (Å²) in [6, 6.07) is 4.56. The zero-order chi connectivity index (χ0) is 12.7. The van der Waals surface area contributed by atoms with Gasteiger partial charge in [0.2, 0.25) is 0 Å². The Morgan fingerprint density at radius 2 is 1.82 bits per heavy atom. The van der Waals surface area contributed by atoms with Crippen LogP contribution >= 0.6 is 11.3 Å². The molecule has 1 aliphatic rings. The fraction of sp³-hybridized carbons (Fsp3) is 0.733. The lowest BCUT2D eigenvalue weighted by Crippen LogP contribution is -2.40. The minimum Gasteiger partial charge on any atom is -0.307 e. The molecule has 1 fully saturated rings. The van der Waals surface area contributed by atoms with E-state index < -0.39 is 0 Å². The van der Waals surface area contributed by atoms with Gasteiger partial charge in [-0.25, -0.2) is 0 Å². The van der Waals surface area contributed by atoms with Gasteiger partial charge >= 0.3 is 0 Å². The van der Waals surface area contributed by atoms with Gasteiger partial charge in [-0.3, -0.25) is 0 Å². The van der Waals surface area contributed by atoms with Crippen LogP contribution in [0.4, 0.5) is 0 Å². The van der Waals surface area contributed by atoms with E-state index in [1.165, 1.54) is 22.6 Å². The maximum atomic E-state index is 3.71. The second kappa shape index (κ2) is 4.40. The summed E-state index contributed by atoms with van der Waals surface area (Å²) >= 11 is 1.95. The molecule has 1 N–H and O–H groups in total. The molecule has 0 bridgehead atoms. The molecule has 1 aromatic heterocycles. The minimum absolute atomic E-state index is 0.287. The van der Waals surface area contributed by atoms with Crippen molar-refractivity contribution in [1.82, 2.24) is 5.32 Å². The van der Waals surface area contributed by atoms with E-state index in [0.29, 0.717) is 5.54 Å². The molecule has 1 nitrogen and oxygen atoms in total. The van der Waals surface area contributed by atoms with Crippen molar-refractivity contribution in [3.05, 3.63) is 21.9 Å². The van der Waals surface area contributed by atoms with Gasteiger partial charge in [0.1, 0.15) is 0 Å². The van der Waals surface area contributed by atoms with Crippen molar-refractivity contribution < 1.29 is 0 Å². The summed E-state index contributed by atoms with van der Waals surface area (Å²) in [4.78, 5) is 2.95. The van der Waals surface area contributed by atoms with E-state index in [-0.39, 0.29) is 5.41 Å². The summed E-state index contributed by atoms with van der Waals surface area (Å²) in [5, 5.41) is 3.71. The zero-order valence-electron chi connectivity index (χ0n) is 11.8. The van der Waals surface area contributed by atoms with Crippen LogP contribution < -0.4 is 5.32 Å². The summed E-state index contributed by atoms with van der Waals surface area (Å²) < 4.78 is 0. The molecule has 2 rings (SSSR count). The summed E-state index contributed by atoms with van der Waals surface area (Å²) in [5.41, 5.74) is 0.598. The molecular formula is C15H25NS. The monoisotopic (exact) mass is 251 g/mol. The number of thiophene rings is 1. The standard InChI is InChI=1S/C15H25NS/c1-14(2,3)13-9-8-12(17-13)10-16-15(4,5)11-6-7-11/h8-9,11,16H,6-7,10H2,1-5H3. The van der Waals surface area contributed by atoms with Crippen molar-refractivity contribution in [2.45, 2.75) is 65.0 Å². The first-order chi connectivity index (χ1) is 7.79. The van der Waals surface area contributed by atoms with Gasteiger partial charge in [-0.05, 0) is 50.2 Å². The molecule has 0 aliphatic heterocycles. The first-order valence-corrected chi connectivity index (χ1v) is 7.45. The van der Waals surface area contributed by atoms with E-state index in [4.69, 9.17) is 0 Å². The second-order valence-electron chi connectivity index (χ2n) is 6.87. The molecule has 0 atom stereocenters. The molecule has 2 heteroatoms. The molecule has 0 saturated heterocycles. The smallest absolute Gasteiger partial charge is 0.0304 e. The average molecular weight is 251 g/mol.